The molecule has 0 aliphatic heterocycles. The van der Waals surface area contributed by atoms with Crippen molar-refractivity contribution in [1.29, 1.82) is 0 Å². The molecule has 0 spiro atoms. The molecule has 180 valence electrons. The van der Waals surface area contributed by atoms with E-state index in [0.29, 0.717) is 39.1 Å². The predicted octanol–water partition coefficient (Wildman–Crippen LogP) is 6.53. The van der Waals surface area contributed by atoms with Crippen LogP contribution in [0.4, 0.5) is 5.69 Å². The number of fused-ring (bicyclic) bond motifs is 2. The van der Waals surface area contributed by atoms with Gasteiger partial charge >= 0.3 is 5.63 Å². The van der Waals surface area contributed by atoms with Crippen molar-refractivity contribution in [1.82, 2.24) is 9.97 Å². The number of oxazole rings is 1. The third kappa shape index (κ3) is 3.96. The Morgan fingerprint density at radius 2 is 1.62 bits per heavy atom. The Hall–Kier alpha value is -5.04. The predicted molar refractivity (Wildman–Crippen MR) is 143 cm³/mol. The van der Waals surface area contributed by atoms with Crippen LogP contribution in [-0.2, 0) is 0 Å². The fourth-order valence-electron chi connectivity index (χ4n) is 4.43. The molecule has 7 nitrogen and oxygen atoms in total. The van der Waals surface area contributed by atoms with Gasteiger partial charge in [0.25, 0.3) is 5.91 Å². The number of amides is 1. The summed E-state index contributed by atoms with van der Waals surface area (Å²) in [6.07, 6.45) is 1.65. The molecule has 0 fully saturated rings. The van der Waals surface area contributed by atoms with Crippen LogP contribution in [0.15, 0.2) is 98.7 Å². The van der Waals surface area contributed by atoms with Crippen molar-refractivity contribution in [3.63, 3.8) is 0 Å². The third-order valence-electron chi connectivity index (χ3n) is 6.36. The normalized spacial score (nSPS) is 11.2. The number of anilines is 1. The molecular formula is C30H21N3O4. The average Bonchev–Trinajstić information content (AvgIpc) is 3.35. The maximum Gasteiger partial charge on any atom is 0.344 e. The number of nitrogens with zero attached hydrogens (tertiary/aromatic N) is 2. The summed E-state index contributed by atoms with van der Waals surface area (Å²) in [5.74, 6) is -0.179. The van der Waals surface area contributed by atoms with Gasteiger partial charge in [-0.25, -0.2) is 9.78 Å². The molecule has 0 atom stereocenters. The van der Waals surface area contributed by atoms with E-state index < -0.39 is 11.5 Å². The molecule has 1 N–H and O–H groups in total. The Bertz CT molecular complexity index is 1830. The molecule has 0 radical (unpaired) electrons. The third-order valence-corrected chi connectivity index (χ3v) is 6.36. The zero-order valence-electron chi connectivity index (χ0n) is 20.1. The zero-order valence-corrected chi connectivity index (χ0v) is 20.1. The number of hydrogen-bond acceptors (Lipinski definition) is 6. The van der Waals surface area contributed by atoms with E-state index in [0.717, 1.165) is 22.3 Å². The molecule has 0 unspecified atom stereocenters. The van der Waals surface area contributed by atoms with Crippen LogP contribution in [0.5, 0.6) is 0 Å². The molecule has 0 saturated carbocycles. The topological polar surface area (TPSA) is 98.2 Å². The van der Waals surface area contributed by atoms with Gasteiger partial charge in [-0.05, 0) is 55.3 Å². The summed E-state index contributed by atoms with van der Waals surface area (Å²) in [6.45, 7) is 3.86. The number of aromatic nitrogens is 2. The van der Waals surface area contributed by atoms with E-state index in [-0.39, 0.29) is 5.76 Å². The van der Waals surface area contributed by atoms with Gasteiger partial charge in [0.15, 0.2) is 11.2 Å². The van der Waals surface area contributed by atoms with Gasteiger partial charge in [0, 0.05) is 28.4 Å². The molecule has 0 aliphatic carbocycles. The largest absolute Gasteiger partial charge is 0.434 e. The molecule has 3 heterocycles. The summed E-state index contributed by atoms with van der Waals surface area (Å²) >= 11 is 0. The number of carbonyl (C=O) groups is 1. The molecule has 3 aromatic carbocycles. The quantitative estimate of drug-likeness (QED) is 0.303. The van der Waals surface area contributed by atoms with Gasteiger partial charge in [-0.3, -0.25) is 4.79 Å². The summed E-state index contributed by atoms with van der Waals surface area (Å²) in [5.41, 5.74) is 4.95. The van der Waals surface area contributed by atoms with Gasteiger partial charge < -0.3 is 14.2 Å². The monoisotopic (exact) mass is 487 g/mol. The Kier molecular flexibility index (Phi) is 5.38. The number of hydrogen-bond donors (Lipinski definition) is 1. The van der Waals surface area contributed by atoms with Crippen LogP contribution in [0.25, 0.3) is 44.6 Å². The zero-order chi connectivity index (χ0) is 25.5. The summed E-state index contributed by atoms with van der Waals surface area (Å²) in [5, 5.41) is 3.99. The number of aryl methyl sites for hydroxylation is 1. The van der Waals surface area contributed by atoms with Crippen LogP contribution in [-0.4, -0.2) is 15.9 Å². The second kappa shape index (κ2) is 8.87. The van der Waals surface area contributed by atoms with Gasteiger partial charge in [-0.15, -0.1) is 0 Å². The molecule has 0 aliphatic rings. The molecule has 6 rings (SSSR count). The van der Waals surface area contributed by atoms with E-state index in [9.17, 15) is 9.59 Å². The number of pyridine rings is 1. The van der Waals surface area contributed by atoms with Crippen molar-refractivity contribution >= 4 is 33.6 Å². The molecule has 37 heavy (non-hydrogen) atoms. The van der Waals surface area contributed by atoms with Crippen molar-refractivity contribution in [2.24, 2.45) is 0 Å². The molecule has 0 bridgehead atoms. The lowest BCUT2D eigenvalue weighted by Crippen LogP contribution is -2.17. The summed E-state index contributed by atoms with van der Waals surface area (Å²) in [6, 6.07) is 23.9. The summed E-state index contributed by atoms with van der Waals surface area (Å²) < 4.78 is 11.5. The van der Waals surface area contributed by atoms with Gasteiger partial charge in [0.2, 0.25) is 11.7 Å². The van der Waals surface area contributed by atoms with Crippen LogP contribution in [0.2, 0.25) is 0 Å². The molecule has 0 saturated heterocycles. The van der Waals surface area contributed by atoms with Crippen LogP contribution in [0, 0.1) is 13.8 Å². The van der Waals surface area contributed by atoms with Gasteiger partial charge in [-0.1, -0.05) is 54.1 Å². The first-order valence-electron chi connectivity index (χ1n) is 11.8. The van der Waals surface area contributed by atoms with Crippen LogP contribution >= 0.6 is 0 Å². The van der Waals surface area contributed by atoms with Crippen molar-refractivity contribution in [2.45, 2.75) is 13.8 Å². The standard InChI is InChI=1S/C30H21N3O4/c1-17-12-14-19(15-13-17)25-21-7-3-4-8-22(21)30(35)37-26(25)28(34)32-23-10-5-9-20(18(23)2)29-33-27-24(36-29)11-6-16-31-27/h3-16H,1-2H3,(H,32,34). The van der Waals surface area contributed by atoms with Crippen molar-refractivity contribution in [3.8, 4) is 22.6 Å². The highest BCUT2D eigenvalue weighted by atomic mass is 16.4. The minimum absolute atomic E-state index is 0.0524. The first-order chi connectivity index (χ1) is 18.0. The highest BCUT2D eigenvalue weighted by Crippen LogP contribution is 2.33. The Labute approximate surface area is 211 Å². The van der Waals surface area contributed by atoms with Crippen molar-refractivity contribution in [2.75, 3.05) is 5.32 Å². The first kappa shape index (κ1) is 22.4. The maximum atomic E-state index is 13.6. The van der Waals surface area contributed by atoms with E-state index in [1.807, 2.05) is 56.3 Å². The minimum Gasteiger partial charge on any atom is -0.434 e. The van der Waals surface area contributed by atoms with E-state index in [1.165, 1.54) is 0 Å². The highest BCUT2D eigenvalue weighted by Gasteiger charge is 2.23. The van der Waals surface area contributed by atoms with Gasteiger partial charge in [0.05, 0.1) is 5.39 Å². The van der Waals surface area contributed by atoms with E-state index in [4.69, 9.17) is 8.83 Å². The molecule has 3 aromatic heterocycles. The maximum absolute atomic E-state index is 13.6. The van der Waals surface area contributed by atoms with Crippen LogP contribution in [0.3, 0.4) is 0 Å². The molecule has 7 heteroatoms. The lowest BCUT2D eigenvalue weighted by molar-refractivity contribution is 0.0994. The first-order valence-corrected chi connectivity index (χ1v) is 11.8. The number of benzene rings is 3. The Morgan fingerprint density at radius 3 is 2.41 bits per heavy atom. The van der Waals surface area contributed by atoms with Crippen molar-refractivity contribution < 1.29 is 13.6 Å². The SMILES string of the molecule is Cc1ccc(-c2c(C(=O)Nc3cccc(-c4nc5ncccc5o4)c3C)oc(=O)c3ccccc23)cc1. The molecular weight excluding hydrogens is 466 g/mol. The Morgan fingerprint density at radius 1 is 0.838 bits per heavy atom. The second-order valence-electron chi connectivity index (χ2n) is 8.78. The Balaban J connectivity index is 1.45. The lowest BCUT2D eigenvalue weighted by Gasteiger charge is -2.14. The van der Waals surface area contributed by atoms with E-state index >= 15 is 0 Å². The van der Waals surface area contributed by atoms with Crippen LogP contribution in [0.1, 0.15) is 21.7 Å². The fraction of sp³-hybridized carbons (Fsp3) is 0.0667. The molecule has 1 amide bonds. The van der Waals surface area contributed by atoms with Crippen LogP contribution < -0.4 is 10.9 Å². The van der Waals surface area contributed by atoms with Gasteiger partial charge in [0.1, 0.15) is 0 Å². The summed E-state index contributed by atoms with van der Waals surface area (Å²) in [7, 11) is 0. The van der Waals surface area contributed by atoms with E-state index in [1.54, 1.807) is 42.6 Å². The fourth-order valence-corrected chi connectivity index (χ4v) is 4.43. The van der Waals surface area contributed by atoms with Gasteiger partial charge in [-0.2, -0.15) is 4.98 Å². The highest BCUT2D eigenvalue weighted by molar-refractivity contribution is 6.12. The molecule has 6 aromatic rings. The number of rotatable bonds is 4. The minimum atomic E-state index is -0.568. The second-order valence-corrected chi connectivity index (χ2v) is 8.78. The lowest BCUT2D eigenvalue weighted by atomic mass is 9.97. The smallest absolute Gasteiger partial charge is 0.344 e. The number of nitrogens with one attached hydrogen (secondary N) is 1. The summed E-state index contributed by atoms with van der Waals surface area (Å²) in [4.78, 5) is 35.1. The van der Waals surface area contributed by atoms with E-state index in [2.05, 4.69) is 15.3 Å². The average molecular weight is 488 g/mol. The number of carbonyl (C=O) groups excluding carboxylic acids is 1. The van der Waals surface area contributed by atoms with Crippen molar-refractivity contribution in [3.05, 3.63) is 112 Å².